The summed E-state index contributed by atoms with van der Waals surface area (Å²) < 4.78 is 6.66. The Kier molecular flexibility index (Phi) is 4.47. The zero-order valence-electron chi connectivity index (χ0n) is 13.9. The third-order valence-electron chi connectivity index (χ3n) is 3.94. The molecular formula is C18H17N3O4. The molecule has 0 N–H and O–H groups in total. The van der Waals surface area contributed by atoms with Crippen LogP contribution >= 0.6 is 0 Å². The molecular weight excluding hydrogens is 322 g/mol. The molecule has 0 aliphatic rings. The van der Waals surface area contributed by atoms with Gasteiger partial charge in [0.1, 0.15) is 11.6 Å². The molecule has 3 aromatic rings. The topological polar surface area (TPSA) is 87.3 Å². The Bertz CT molecular complexity index is 994. The lowest BCUT2D eigenvalue weighted by atomic mass is 10.2. The molecule has 1 heterocycles. The maximum atomic E-state index is 13.0. The number of rotatable bonds is 5. The molecule has 3 rings (SSSR count). The Morgan fingerprint density at radius 2 is 1.92 bits per heavy atom. The molecule has 0 amide bonds. The molecule has 7 nitrogen and oxygen atoms in total. The zero-order chi connectivity index (χ0) is 18.0. The van der Waals surface area contributed by atoms with Crippen LogP contribution in [0.25, 0.3) is 16.6 Å². The predicted molar refractivity (Wildman–Crippen MR) is 94.5 cm³/mol. The molecule has 0 unspecified atom stereocenters. The molecule has 0 atom stereocenters. The summed E-state index contributed by atoms with van der Waals surface area (Å²) in [6, 6.07) is 11.2. The predicted octanol–water partition coefficient (Wildman–Crippen LogP) is 3.26. The van der Waals surface area contributed by atoms with Gasteiger partial charge in [-0.15, -0.1) is 0 Å². The van der Waals surface area contributed by atoms with Crippen molar-refractivity contribution in [2.45, 2.75) is 19.8 Å². The molecule has 0 radical (unpaired) electrons. The monoisotopic (exact) mass is 339 g/mol. The van der Waals surface area contributed by atoms with E-state index in [1.54, 1.807) is 31.4 Å². The maximum Gasteiger partial charge on any atom is 0.270 e. The van der Waals surface area contributed by atoms with Gasteiger partial charge in [0.15, 0.2) is 0 Å². The zero-order valence-corrected chi connectivity index (χ0v) is 13.9. The van der Waals surface area contributed by atoms with Crippen LogP contribution in [-0.2, 0) is 6.42 Å². The number of nitro benzene ring substituents is 1. The van der Waals surface area contributed by atoms with E-state index >= 15 is 0 Å². The first-order valence-corrected chi connectivity index (χ1v) is 7.89. The summed E-state index contributed by atoms with van der Waals surface area (Å²) in [5, 5.41) is 11.2. The molecule has 2 aromatic carbocycles. The minimum Gasteiger partial charge on any atom is -0.497 e. The van der Waals surface area contributed by atoms with Gasteiger partial charge in [0.05, 0.1) is 28.6 Å². The number of nitro groups is 1. The quantitative estimate of drug-likeness (QED) is 0.526. The summed E-state index contributed by atoms with van der Waals surface area (Å²) in [7, 11) is 1.57. The van der Waals surface area contributed by atoms with Gasteiger partial charge >= 0.3 is 0 Å². The first kappa shape index (κ1) is 16.6. The highest BCUT2D eigenvalue weighted by Crippen LogP contribution is 2.20. The van der Waals surface area contributed by atoms with Crippen molar-refractivity contribution in [2.24, 2.45) is 0 Å². The number of hydrogen-bond donors (Lipinski definition) is 0. The fourth-order valence-corrected chi connectivity index (χ4v) is 2.72. The van der Waals surface area contributed by atoms with Gasteiger partial charge in [-0.2, -0.15) is 0 Å². The highest BCUT2D eigenvalue weighted by atomic mass is 16.6. The third-order valence-corrected chi connectivity index (χ3v) is 3.94. The van der Waals surface area contributed by atoms with Crippen molar-refractivity contribution < 1.29 is 9.66 Å². The molecule has 0 saturated heterocycles. The number of aromatic nitrogens is 2. The normalized spacial score (nSPS) is 10.8. The molecule has 1 aromatic heterocycles. The van der Waals surface area contributed by atoms with Crippen LogP contribution in [0.15, 0.2) is 47.3 Å². The average Bonchev–Trinajstić information content (AvgIpc) is 2.62. The van der Waals surface area contributed by atoms with Crippen molar-refractivity contribution in [1.82, 2.24) is 9.55 Å². The van der Waals surface area contributed by atoms with Gasteiger partial charge in [-0.3, -0.25) is 19.5 Å². The van der Waals surface area contributed by atoms with Crippen LogP contribution in [0.1, 0.15) is 19.2 Å². The van der Waals surface area contributed by atoms with Crippen molar-refractivity contribution in [2.75, 3.05) is 7.11 Å². The van der Waals surface area contributed by atoms with Gasteiger partial charge in [0.25, 0.3) is 11.2 Å². The minimum absolute atomic E-state index is 0.129. The molecule has 0 bridgehead atoms. The number of ether oxygens (including phenoxy) is 1. The van der Waals surface area contributed by atoms with E-state index in [1.165, 1.54) is 22.8 Å². The lowest BCUT2D eigenvalue weighted by Gasteiger charge is -2.13. The van der Waals surface area contributed by atoms with E-state index in [2.05, 4.69) is 4.98 Å². The summed E-state index contributed by atoms with van der Waals surface area (Å²) in [6.45, 7) is 2.00. The van der Waals surface area contributed by atoms with Crippen LogP contribution in [-0.4, -0.2) is 21.6 Å². The van der Waals surface area contributed by atoms with E-state index in [-0.39, 0.29) is 16.6 Å². The van der Waals surface area contributed by atoms with Gasteiger partial charge in [0.2, 0.25) is 0 Å². The fraction of sp³-hybridized carbons (Fsp3) is 0.222. The fourth-order valence-electron chi connectivity index (χ4n) is 2.72. The Morgan fingerprint density at radius 3 is 2.52 bits per heavy atom. The first-order chi connectivity index (χ1) is 12.0. The Balaban J connectivity index is 2.29. The van der Waals surface area contributed by atoms with Gasteiger partial charge in [0, 0.05) is 18.6 Å². The van der Waals surface area contributed by atoms with Crippen LogP contribution < -0.4 is 10.3 Å². The minimum atomic E-state index is -0.517. The summed E-state index contributed by atoms with van der Waals surface area (Å²) in [6.07, 6.45) is 1.44. The van der Waals surface area contributed by atoms with Crippen molar-refractivity contribution in [3.63, 3.8) is 0 Å². The second-order valence-electron chi connectivity index (χ2n) is 5.58. The van der Waals surface area contributed by atoms with Crippen molar-refractivity contribution in [3.05, 3.63) is 68.8 Å². The molecule has 0 fully saturated rings. The molecule has 0 spiro atoms. The van der Waals surface area contributed by atoms with Crippen LogP contribution in [0.2, 0.25) is 0 Å². The van der Waals surface area contributed by atoms with Gasteiger partial charge in [-0.05, 0) is 36.8 Å². The lowest BCUT2D eigenvalue weighted by Crippen LogP contribution is -2.24. The van der Waals surface area contributed by atoms with E-state index in [9.17, 15) is 14.9 Å². The summed E-state index contributed by atoms with van der Waals surface area (Å²) in [5.41, 5.74) is 0.664. The Labute approximate surface area is 143 Å². The highest BCUT2D eigenvalue weighted by molar-refractivity contribution is 5.80. The van der Waals surface area contributed by atoms with Crippen LogP contribution in [0.5, 0.6) is 5.75 Å². The standard InChI is InChI=1S/C18H17N3O4/c1-3-4-17-19-16-10-7-13(21(23)24)11-15(16)18(22)20(17)12-5-8-14(25-2)9-6-12/h5-11H,3-4H2,1-2H3. The number of methoxy groups -OCH3 is 1. The first-order valence-electron chi connectivity index (χ1n) is 7.89. The lowest BCUT2D eigenvalue weighted by molar-refractivity contribution is -0.384. The smallest absolute Gasteiger partial charge is 0.270 e. The van der Waals surface area contributed by atoms with Gasteiger partial charge in [-0.25, -0.2) is 4.98 Å². The van der Waals surface area contributed by atoms with Crippen molar-refractivity contribution in [1.29, 1.82) is 0 Å². The molecule has 0 aliphatic carbocycles. The van der Waals surface area contributed by atoms with Gasteiger partial charge < -0.3 is 4.74 Å². The largest absolute Gasteiger partial charge is 0.497 e. The number of benzene rings is 2. The van der Waals surface area contributed by atoms with Crippen molar-refractivity contribution in [3.8, 4) is 11.4 Å². The van der Waals surface area contributed by atoms with Crippen molar-refractivity contribution >= 4 is 16.6 Å². The van der Waals surface area contributed by atoms with Crippen LogP contribution in [0, 0.1) is 10.1 Å². The second kappa shape index (κ2) is 6.72. The molecule has 25 heavy (non-hydrogen) atoms. The van der Waals surface area contributed by atoms with E-state index in [1.807, 2.05) is 6.92 Å². The number of non-ortho nitro benzene ring substituents is 1. The summed E-state index contributed by atoms with van der Waals surface area (Å²) in [5.74, 6) is 1.30. The Morgan fingerprint density at radius 1 is 1.20 bits per heavy atom. The molecule has 128 valence electrons. The summed E-state index contributed by atoms with van der Waals surface area (Å²) >= 11 is 0. The average molecular weight is 339 g/mol. The second-order valence-corrected chi connectivity index (χ2v) is 5.58. The van der Waals surface area contributed by atoms with Crippen LogP contribution in [0.4, 0.5) is 5.69 Å². The SMILES string of the molecule is CCCc1nc2ccc([N+](=O)[O-])cc2c(=O)n1-c1ccc(OC)cc1. The van der Waals surface area contributed by atoms with E-state index in [4.69, 9.17) is 4.74 Å². The molecule has 7 heteroatoms. The Hall–Kier alpha value is -3.22. The number of aryl methyl sites for hydroxylation is 1. The molecule has 0 aliphatic heterocycles. The maximum absolute atomic E-state index is 13.0. The summed E-state index contributed by atoms with van der Waals surface area (Å²) in [4.78, 5) is 28.1. The third kappa shape index (κ3) is 3.08. The van der Waals surface area contributed by atoms with Crippen LogP contribution in [0.3, 0.4) is 0 Å². The molecule has 0 saturated carbocycles. The van der Waals surface area contributed by atoms with E-state index < -0.39 is 4.92 Å². The number of fused-ring (bicyclic) bond motifs is 1. The van der Waals surface area contributed by atoms with Gasteiger partial charge in [-0.1, -0.05) is 6.92 Å². The highest BCUT2D eigenvalue weighted by Gasteiger charge is 2.15. The number of nitrogens with zero attached hydrogens (tertiary/aromatic N) is 3. The van der Waals surface area contributed by atoms with E-state index in [0.29, 0.717) is 29.2 Å². The van der Waals surface area contributed by atoms with E-state index in [0.717, 1.165) is 6.42 Å². The number of hydrogen-bond acceptors (Lipinski definition) is 5.